The van der Waals surface area contributed by atoms with E-state index in [1.807, 2.05) is 42.5 Å². The highest BCUT2D eigenvalue weighted by molar-refractivity contribution is 9.11. The number of hydrogen-bond donors (Lipinski definition) is 1. The van der Waals surface area contributed by atoms with Crippen molar-refractivity contribution in [2.24, 2.45) is 5.14 Å². The molecule has 0 fully saturated rings. The van der Waals surface area contributed by atoms with E-state index in [-0.39, 0.29) is 11.9 Å². The lowest BCUT2D eigenvalue weighted by Crippen LogP contribution is -2.17. The number of fused-ring (bicyclic) bond motifs is 3. The van der Waals surface area contributed by atoms with Crippen molar-refractivity contribution in [2.45, 2.75) is 11.9 Å². The van der Waals surface area contributed by atoms with E-state index >= 15 is 0 Å². The molecule has 1 aliphatic rings. The number of halogens is 2. The van der Waals surface area contributed by atoms with Crippen molar-refractivity contribution in [3.8, 4) is 16.9 Å². The maximum absolute atomic E-state index is 11.5. The predicted molar refractivity (Wildman–Crippen MR) is 111 cm³/mol. The number of benzene rings is 2. The quantitative estimate of drug-likeness (QED) is 0.521. The summed E-state index contributed by atoms with van der Waals surface area (Å²) in [6.45, 7) is 0. The Hall–Kier alpha value is -1.19. The lowest BCUT2D eigenvalue weighted by molar-refractivity contribution is 0.247. The van der Waals surface area contributed by atoms with Crippen molar-refractivity contribution in [3.63, 3.8) is 0 Å². The van der Waals surface area contributed by atoms with Crippen LogP contribution in [0, 0.1) is 0 Å². The molecule has 0 spiro atoms. The fourth-order valence-electron chi connectivity index (χ4n) is 3.11. The molecule has 0 radical (unpaired) electrons. The molecule has 2 aromatic carbocycles. The van der Waals surface area contributed by atoms with Crippen LogP contribution in [0.3, 0.4) is 0 Å². The number of nitrogens with two attached hydrogens (primary N) is 1. The number of ether oxygens (including phenoxy) is 1. The van der Waals surface area contributed by atoms with Crippen LogP contribution in [-0.2, 0) is 15.8 Å². The maximum atomic E-state index is 11.5. The van der Waals surface area contributed by atoms with Crippen LogP contribution in [0.1, 0.15) is 22.1 Å². The van der Waals surface area contributed by atoms with Gasteiger partial charge in [0.05, 0.1) is 14.4 Å². The van der Waals surface area contributed by atoms with Crippen molar-refractivity contribution in [1.82, 2.24) is 0 Å². The summed E-state index contributed by atoms with van der Waals surface area (Å²) in [6.07, 6.45) is -0.302. The Morgan fingerprint density at radius 2 is 1.92 bits per heavy atom. The van der Waals surface area contributed by atoms with Crippen LogP contribution in [0.5, 0.6) is 5.75 Å². The lowest BCUT2D eigenvalue weighted by atomic mass is 9.91. The standard InChI is InChI=1S/C18H13Br2NO3S2/c19-13-2-1-3-14-17(13)11-5-4-10(9-26(21,22)23)8-12(11)18(24-14)15-6-7-16(20)25-15/h1-8,18H,9H2,(H2,21,22,23). The summed E-state index contributed by atoms with van der Waals surface area (Å²) in [5.41, 5.74) is 3.56. The highest BCUT2D eigenvalue weighted by atomic mass is 79.9. The molecule has 0 amide bonds. The minimum atomic E-state index is -3.61. The maximum Gasteiger partial charge on any atom is 0.213 e. The molecule has 2 heterocycles. The molecule has 0 bridgehead atoms. The second-order valence-corrected chi connectivity index (χ2v) is 10.9. The Kier molecular flexibility index (Phi) is 4.73. The minimum Gasteiger partial charge on any atom is -0.479 e. The van der Waals surface area contributed by atoms with Crippen LogP contribution >= 0.6 is 43.2 Å². The fourth-order valence-corrected chi connectivity index (χ4v) is 5.79. The van der Waals surface area contributed by atoms with Crippen LogP contribution in [0.2, 0.25) is 0 Å². The number of sulfonamides is 1. The van der Waals surface area contributed by atoms with Gasteiger partial charge in [-0.1, -0.05) is 40.2 Å². The first kappa shape index (κ1) is 18.2. The van der Waals surface area contributed by atoms with E-state index in [0.29, 0.717) is 5.56 Å². The van der Waals surface area contributed by atoms with Gasteiger partial charge in [-0.3, -0.25) is 0 Å². The molecule has 4 nitrogen and oxygen atoms in total. The van der Waals surface area contributed by atoms with Crippen LogP contribution in [0.25, 0.3) is 11.1 Å². The van der Waals surface area contributed by atoms with Crippen LogP contribution in [0.4, 0.5) is 0 Å². The van der Waals surface area contributed by atoms with E-state index < -0.39 is 10.0 Å². The van der Waals surface area contributed by atoms with E-state index in [0.717, 1.165) is 35.6 Å². The Morgan fingerprint density at radius 3 is 2.62 bits per heavy atom. The zero-order valence-electron chi connectivity index (χ0n) is 13.3. The highest BCUT2D eigenvalue weighted by Crippen LogP contribution is 2.49. The number of thiophene rings is 1. The molecule has 134 valence electrons. The second-order valence-electron chi connectivity index (χ2n) is 5.98. The minimum absolute atomic E-state index is 0.204. The Morgan fingerprint density at radius 1 is 1.12 bits per heavy atom. The van der Waals surface area contributed by atoms with Crippen molar-refractivity contribution >= 4 is 53.2 Å². The summed E-state index contributed by atoms with van der Waals surface area (Å²) in [5, 5.41) is 5.22. The number of rotatable bonds is 3. The summed E-state index contributed by atoms with van der Waals surface area (Å²) >= 11 is 8.69. The van der Waals surface area contributed by atoms with Gasteiger partial charge in [0, 0.05) is 15.6 Å². The zero-order chi connectivity index (χ0) is 18.5. The highest BCUT2D eigenvalue weighted by Gasteiger charge is 2.30. The molecule has 3 aromatic rings. The molecule has 26 heavy (non-hydrogen) atoms. The normalized spacial score (nSPS) is 15.9. The molecular formula is C18H13Br2NO3S2. The summed E-state index contributed by atoms with van der Waals surface area (Å²) in [5.74, 6) is 0.588. The zero-order valence-corrected chi connectivity index (χ0v) is 18.1. The van der Waals surface area contributed by atoms with Gasteiger partial charge in [0.25, 0.3) is 0 Å². The van der Waals surface area contributed by atoms with Gasteiger partial charge < -0.3 is 4.74 Å². The Balaban J connectivity index is 1.92. The first-order chi connectivity index (χ1) is 12.3. The average Bonchev–Trinajstić information content (AvgIpc) is 2.99. The monoisotopic (exact) mass is 513 g/mol. The number of primary sulfonamides is 1. The van der Waals surface area contributed by atoms with Crippen LogP contribution in [-0.4, -0.2) is 8.42 Å². The third-order valence-corrected chi connectivity index (χ3v) is 7.17. The molecule has 4 rings (SSSR count). The average molecular weight is 515 g/mol. The van der Waals surface area contributed by atoms with Crippen molar-refractivity contribution in [1.29, 1.82) is 0 Å². The summed E-state index contributed by atoms with van der Waals surface area (Å²) in [7, 11) is -3.61. The third-order valence-electron chi connectivity index (χ3n) is 4.11. The van der Waals surface area contributed by atoms with Gasteiger partial charge in [-0.2, -0.15) is 0 Å². The van der Waals surface area contributed by atoms with E-state index in [1.165, 1.54) is 0 Å². The Labute approximate surface area is 172 Å². The summed E-state index contributed by atoms with van der Waals surface area (Å²) < 4.78 is 31.3. The smallest absolute Gasteiger partial charge is 0.213 e. The van der Waals surface area contributed by atoms with Gasteiger partial charge in [0.1, 0.15) is 5.75 Å². The first-order valence-electron chi connectivity index (χ1n) is 7.66. The first-order valence-corrected chi connectivity index (χ1v) is 11.8. The Bertz CT molecular complexity index is 1110. The molecule has 1 aliphatic heterocycles. The SMILES string of the molecule is NS(=O)(=O)Cc1ccc2c(c1)C(c1ccc(Br)s1)Oc1cccc(Br)c1-2. The van der Waals surface area contributed by atoms with Gasteiger partial charge in [-0.05, 0) is 51.3 Å². The van der Waals surface area contributed by atoms with E-state index in [4.69, 9.17) is 9.88 Å². The molecule has 0 saturated heterocycles. The topological polar surface area (TPSA) is 69.4 Å². The summed E-state index contributed by atoms with van der Waals surface area (Å²) in [4.78, 5) is 1.04. The van der Waals surface area contributed by atoms with Crippen molar-refractivity contribution < 1.29 is 13.2 Å². The molecule has 8 heteroatoms. The van der Waals surface area contributed by atoms with Crippen LogP contribution < -0.4 is 9.88 Å². The largest absolute Gasteiger partial charge is 0.479 e. The molecule has 2 N–H and O–H groups in total. The molecular weight excluding hydrogens is 502 g/mol. The van der Waals surface area contributed by atoms with Gasteiger partial charge >= 0.3 is 0 Å². The number of hydrogen-bond acceptors (Lipinski definition) is 4. The molecule has 1 atom stereocenters. The van der Waals surface area contributed by atoms with Gasteiger partial charge in [-0.25, -0.2) is 13.6 Å². The molecule has 1 unspecified atom stereocenters. The van der Waals surface area contributed by atoms with E-state index in [9.17, 15) is 8.42 Å². The molecule has 0 saturated carbocycles. The fraction of sp³-hybridized carbons (Fsp3) is 0.111. The van der Waals surface area contributed by atoms with Crippen molar-refractivity contribution in [3.05, 3.63) is 72.8 Å². The van der Waals surface area contributed by atoms with E-state index in [1.54, 1.807) is 17.4 Å². The van der Waals surface area contributed by atoms with E-state index in [2.05, 4.69) is 31.9 Å². The third kappa shape index (κ3) is 3.48. The van der Waals surface area contributed by atoms with Gasteiger partial charge in [0.2, 0.25) is 10.0 Å². The van der Waals surface area contributed by atoms with Crippen LogP contribution in [0.15, 0.2) is 56.8 Å². The molecule has 1 aromatic heterocycles. The summed E-state index contributed by atoms with van der Waals surface area (Å²) in [6, 6.07) is 15.5. The second kappa shape index (κ2) is 6.76. The predicted octanol–water partition coefficient (Wildman–Crippen LogP) is 5.21. The van der Waals surface area contributed by atoms with Crippen molar-refractivity contribution in [2.75, 3.05) is 0 Å². The van der Waals surface area contributed by atoms with Gasteiger partial charge in [0.15, 0.2) is 6.10 Å². The lowest BCUT2D eigenvalue weighted by Gasteiger charge is -2.29. The van der Waals surface area contributed by atoms with Gasteiger partial charge in [-0.15, -0.1) is 11.3 Å². The molecule has 0 aliphatic carbocycles.